The van der Waals surface area contributed by atoms with Crippen molar-refractivity contribution in [3.8, 4) is 23.1 Å². The maximum atomic E-state index is 5.76. The Kier molecular flexibility index (Phi) is 4.27. The zero-order valence-electron chi connectivity index (χ0n) is 10.9. The van der Waals surface area contributed by atoms with Gasteiger partial charge in [-0.25, -0.2) is 4.98 Å². The molecule has 0 atom stereocenters. The highest BCUT2D eigenvalue weighted by atomic mass is 79.9. The number of pyridine rings is 1. The molecule has 0 spiro atoms. The van der Waals surface area contributed by atoms with E-state index in [4.69, 9.17) is 14.2 Å². The molecular weight excluding hydrogens is 310 g/mol. The normalized spacial score (nSPS) is 10.1. The quantitative estimate of drug-likeness (QED) is 0.853. The third-order valence-electron chi connectivity index (χ3n) is 2.54. The van der Waals surface area contributed by atoms with Crippen LogP contribution in [-0.2, 0) is 0 Å². The lowest BCUT2D eigenvalue weighted by Crippen LogP contribution is -1.93. The van der Waals surface area contributed by atoms with Crippen LogP contribution in [-0.4, -0.2) is 19.2 Å². The minimum Gasteiger partial charge on any atom is -0.496 e. The van der Waals surface area contributed by atoms with E-state index in [2.05, 4.69) is 20.9 Å². The van der Waals surface area contributed by atoms with Crippen LogP contribution in [0.3, 0.4) is 0 Å². The second-order valence-corrected chi connectivity index (χ2v) is 4.84. The molecule has 1 aromatic heterocycles. The van der Waals surface area contributed by atoms with Gasteiger partial charge in [-0.2, -0.15) is 0 Å². The summed E-state index contributed by atoms with van der Waals surface area (Å²) < 4.78 is 17.1. The summed E-state index contributed by atoms with van der Waals surface area (Å²) in [5, 5.41) is 0. The number of halogens is 1. The molecule has 0 aliphatic carbocycles. The first-order valence-corrected chi connectivity index (χ1v) is 6.44. The number of aryl methyl sites for hydroxylation is 1. The second-order valence-electron chi connectivity index (χ2n) is 3.93. The summed E-state index contributed by atoms with van der Waals surface area (Å²) in [6.07, 6.45) is 1.69. The van der Waals surface area contributed by atoms with Crippen molar-refractivity contribution < 1.29 is 14.2 Å². The van der Waals surface area contributed by atoms with Gasteiger partial charge in [-0.15, -0.1) is 0 Å². The van der Waals surface area contributed by atoms with E-state index in [1.54, 1.807) is 38.6 Å². The Morgan fingerprint density at radius 1 is 0.947 bits per heavy atom. The number of aromatic nitrogens is 1. The Morgan fingerprint density at radius 2 is 1.53 bits per heavy atom. The summed E-state index contributed by atoms with van der Waals surface area (Å²) in [5.41, 5.74) is 0.941. The molecule has 100 valence electrons. The molecule has 0 bridgehead atoms. The fraction of sp³-hybridized carbons (Fsp3) is 0.214. The van der Waals surface area contributed by atoms with Crippen molar-refractivity contribution in [3.63, 3.8) is 0 Å². The van der Waals surface area contributed by atoms with Gasteiger partial charge in [0.1, 0.15) is 17.2 Å². The number of hydrogen-bond acceptors (Lipinski definition) is 4. The minimum atomic E-state index is 0.554. The molecule has 0 aliphatic heterocycles. The van der Waals surface area contributed by atoms with Crippen molar-refractivity contribution in [2.75, 3.05) is 14.2 Å². The molecule has 0 saturated heterocycles. The maximum Gasteiger partial charge on any atom is 0.222 e. The lowest BCUT2D eigenvalue weighted by atomic mass is 10.3. The summed E-state index contributed by atoms with van der Waals surface area (Å²) in [5.74, 6) is 2.51. The van der Waals surface area contributed by atoms with Crippen LogP contribution >= 0.6 is 15.9 Å². The molecule has 19 heavy (non-hydrogen) atoms. The maximum absolute atomic E-state index is 5.76. The van der Waals surface area contributed by atoms with Crippen LogP contribution < -0.4 is 14.2 Å². The van der Waals surface area contributed by atoms with Crippen LogP contribution in [0.25, 0.3) is 0 Å². The molecule has 1 aromatic carbocycles. The molecule has 0 amide bonds. The third-order valence-corrected chi connectivity index (χ3v) is 2.97. The van der Waals surface area contributed by atoms with Crippen LogP contribution in [0.1, 0.15) is 5.56 Å². The standard InChI is InChI=1S/C14H14BrNO3/c1-9-4-10(15)8-16-14(9)19-13-6-11(17-2)5-12(7-13)18-3/h4-8H,1-3H3. The number of methoxy groups -OCH3 is 2. The Labute approximate surface area is 120 Å². The van der Waals surface area contributed by atoms with Gasteiger partial charge in [0.2, 0.25) is 5.88 Å². The Balaban J connectivity index is 2.31. The van der Waals surface area contributed by atoms with Crippen molar-refractivity contribution in [2.24, 2.45) is 0 Å². The number of nitrogens with zero attached hydrogens (tertiary/aromatic N) is 1. The highest BCUT2D eigenvalue weighted by molar-refractivity contribution is 9.10. The number of hydrogen-bond donors (Lipinski definition) is 0. The Morgan fingerprint density at radius 3 is 2.05 bits per heavy atom. The second kappa shape index (κ2) is 5.93. The van der Waals surface area contributed by atoms with Crippen molar-refractivity contribution in [3.05, 3.63) is 40.5 Å². The summed E-state index contributed by atoms with van der Waals surface area (Å²) in [6, 6.07) is 7.30. The lowest BCUT2D eigenvalue weighted by molar-refractivity contribution is 0.384. The highest BCUT2D eigenvalue weighted by Crippen LogP contribution is 2.31. The number of benzene rings is 1. The van der Waals surface area contributed by atoms with Crippen molar-refractivity contribution in [1.29, 1.82) is 0 Å². The predicted octanol–water partition coefficient (Wildman–Crippen LogP) is 3.96. The SMILES string of the molecule is COc1cc(OC)cc(Oc2ncc(Br)cc2C)c1. The van der Waals surface area contributed by atoms with Crippen LogP contribution in [0, 0.1) is 6.92 Å². The van der Waals surface area contributed by atoms with Crippen LogP contribution in [0.15, 0.2) is 34.9 Å². The zero-order valence-corrected chi connectivity index (χ0v) is 12.5. The molecule has 2 aromatic rings. The predicted molar refractivity (Wildman–Crippen MR) is 76.3 cm³/mol. The summed E-state index contributed by atoms with van der Waals surface area (Å²) in [4.78, 5) is 4.23. The first kappa shape index (κ1) is 13.7. The first-order valence-electron chi connectivity index (χ1n) is 5.65. The van der Waals surface area contributed by atoms with Gasteiger partial charge in [-0.3, -0.25) is 0 Å². The van der Waals surface area contributed by atoms with E-state index in [1.165, 1.54) is 0 Å². The summed E-state index contributed by atoms with van der Waals surface area (Å²) >= 11 is 3.37. The van der Waals surface area contributed by atoms with Crippen molar-refractivity contribution >= 4 is 15.9 Å². The lowest BCUT2D eigenvalue weighted by Gasteiger charge is -2.10. The largest absolute Gasteiger partial charge is 0.496 e. The van der Waals surface area contributed by atoms with E-state index >= 15 is 0 Å². The molecule has 0 saturated carbocycles. The van der Waals surface area contributed by atoms with Gasteiger partial charge in [0.05, 0.1) is 14.2 Å². The fourth-order valence-corrected chi connectivity index (χ4v) is 2.03. The molecule has 0 radical (unpaired) electrons. The van der Waals surface area contributed by atoms with E-state index in [-0.39, 0.29) is 0 Å². The van der Waals surface area contributed by atoms with Crippen LogP contribution in [0.2, 0.25) is 0 Å². The molecule has 0 unspecified atom stereocenters. The van der Waals surface area contributed by atoms with E-state index < -0.39 is 0 Å². The van der Waals surface area contributed by atoms with E-state index in [9.17, 15) is 0 Å². The Bertz CT molecular complexity index is 565. The van der Waals surface area contributed by atoms with E-state index in [0.717, 1.165) is 10.0 Å². The average Bonchev–Trinajstić information content (AvgIpc) is 2.41. The fourth-order valence-electron chi connectivity index (χ4n) is 1.59. The molecule has 0 aliphatic rings. The van der Waals surface area contributed by atoms with Gasteiger partial charge in [0, 0.05) is 34.4 Å². The van der Waals surface area contributed by atoms with Gasteiger partial charge in [-0.1, -0.05) is 0 Å². The minimum absolute atomic E-state index is 0.554. The number of ether oxygens (including phenoxy) is 3. The van der Waals surface area contributed by atoms with Crippen LogP contribution in [0.5, 0.6) is 23.1 Å². The molecular formula is C14H14BrNO3. The average molecular weight is 324 g/mol. The van der Waals surface area contributed by atoms with Gasteiger partial charge < -0.3 is 14.2 Å². The van der Waals surface area contributed by atoms with E-state index in [0.29, 0.717) is 23.1 Å². The molecule has 4 nitrogen and oxygen atoms in total. The van der Waals surface area contributed by atoms with Gasteiger partial charge in [0.25, 0.3) is 0 Å². The monoisotopic (exact) mass is 323 g/mol. The van der Waals surface area contributed by atoms with Crippen LogP contribution in [0.4, 0.5) is 0 Å². The Hall–Kier alpha value is -1.75. The topological polar surface area (TPSA) is 40.6 Å². The smallest absolute Gasteiger partial charge is 0.222 e. The third kappa shape index (κ3) is 3.38. The van der Waals surface area contributed by atoms with Gasteiger partial charge >= 0.3 is 0 Å². The molecule has 5 heteroatoms. The summed E-state index contributed by atoms with van der Waals surface area (Å²) in [6.45, 7) is 1.94. The molecule has 0 N–H and O–H groups in total. The highest BCUT2D eigenvalue weighted by Gasteiger charge is 2.07. The zero-order chi connectivity index (χ0) is 13.8. The summed E-state index contributed by atoms with van der Waals surface area (Å²) in [7, 11) is 3.20. The number of rotatable bonds is 4. The van der Waals surface area contributed by atoms with Crippen molar-refractivity contribution in [1.82, 2.24) is 4.98 Å². The first-order chi connectivity index (χ1) is 9.12. The van der Waals surface area contributed by atoms with Gasteiger partial charge in [-0.05, 0) is 28.9 Å². The molecule has 1 heterocycles. The molecule has 0 fully saturated rings. The van der Waals surface area contributed by atoms with Crippen molar-refractivity contribution in [2.45, 2.75) is 6.92 Å². The van der Waals surface area contributed by atoms with E-state index in [1.807, 2.05) is 13.0 Å². The molecule has 2 rings (SSSR count). The van der Waals surface area contributed by atoms with Gasteiger partial charge in [0.15, 0.2) is 0 Å².